The molecule has 0 atom stereocenters. The van der Waals surface area contributed by atoms with Crippen LogP contribution < -0.4 is 5.73 Å². The summed E-state index contributed by atoms with van der Waals surface area (Å²) in [6.07, 6.45) is 4.86. The highest BCUT2D eigenvalue weighted by Gasteiger charge is 2.03. The fraction of sp³-hybridized carbons (Fsp3) is 0. The van der Waals surface area contributed by atoms with Crippen LogP contribution in [0.4, 0.5) is 5.69 Å². The van der Waals surface area contributed by atoms with Gasteiger partial charge in [-0.1, -0.05) is 11.6 Å². The third-order valence-corrected chi connectivity index (χ3v) is 1.85. The predicted molar refractivity (Wildman–Crippen MR) is 58.0 cm³/mol. The highest BCUT2D eigenvalue weighted by atomic mass is 35.5. The number of halogens is 2. The van der Waals surface area contributed by atoms with Gasteiger partial charge in [0.1, 0.15) is 0 Å². The third kappa shape index (κ3) is 1.97. The summed E-state index contributed by atoms with van der Waals surface area (Å²) in [4.78, 5) is 4.07. The van der Waals surface area contributed by atoms with Crippen LogP contribution in [0.3, 0.4) is 0 Å². The second-order valence-electron chi connectivity index (χ2n) is 2.53. The number of nitrogens with zero attached hydrogens (tertiary/aromatic N) is 3. The highest BCUT2D eigenvalue weighted by Crippen LogP contribution is 2.16. The number of nitrogen functional groups attached to an aromatic ring is 1. The maximum absolute atomic E-state index is 5.90. The van der Waals surface area contributed by atoms with Crippen molar-refractivity contribution in [2.75, 3.05) is 5.73 Å². The van der Waals surface area contributed by atoms with Gasteiger partial charge in [-0.05, 0) is 12.1 Å². The van der Waals surface area contributed by atoms with Crippen LogP contribution in [-0.4, -0.2) is 14.8 Å². The molecule has 0 aliphatic carbocycles. The van der Waals surface area contributed by atoms with Crippen molar-refractivity contribution in [1.29, 1.82) is 0 Å². The zero-order valence-electron chi connectivity index (χ0n) is 7.09. The van der Waals surface area contributed by atoms with Crippen molar-refractivity contribution in [2.24, 2.45) is 0 Å². The molecule has 2 aromatic heterocycles. The van der Waals surface area contributed by atoms with Crippen LogP contribution in [-0.2, 0) is 0 Å². The van der Waals surface area contributed by atoms with Crippen molar-refractivity contribution in [3.05, 3.63) is 35.7 Å². The number of rotatable bonds is 1. The zero-order valence-corrected chi connectivity index (χ0v) is 8.66. The molecule has 0 saturated heterocycles. The molecule has 2 heterocycles. The summed E-state index contributed by atoms with van der Waals surface area (Å²) in [7, 11) is 0. The van der Waals surface area contributed by atoms with Gasteiger partial charge in [-0.2, -0.15) is 5.10 Å². The summed E-state index contributed by atoms with van der Waals surface area (Å²) < 4.78 is 1.54. The van der Waals surface area contributed by atoms with E-state index in [0.29, 0.717) is 16.5 Å². The molecule has 0 unspecified atom stereocenters. The Morgan fingerprint density at radius 3 is 2.79 bits per heavy atom. The first-order chi connectivity index (χ1) is 6.27. The Hall–Kier alpha value is -1.26. The number of hydrogen-bond acceptors (Lipinski definition) is 3. The lowest BCUT2D eigenvalue weighted by Gasteiger charge is -2.00. The van der Waals surface area contributed by atoms with Crippen molar-refractivity contribution < 1.29 is 0 Å². The van der Waals surface area contributed by atoms with Gasteiger partial charge in [-0.15, -0.1) is 12.4 Å². The van der Waals surface area contributed by atoms with Crippen LogP contribution in [0.2, 0.25) is 5.02 Å². The van der Waals surface area contributed by atoms with E-state index in [-0.39, 0.29) is 12.4 Å². The van der Waals surface area contributed by atoms with E-state index < -0.39 is 0 Å². The molecule has 74 valence electrons. The van der Waals surface area contributed by atoms with E-state index in [4.69, 9.17) is 17.3 Å². The molecule has 0 bridgehead atoms. The van der Waals surface area contributed by atoms with Gasteiger partial charge >= 0.3 is 0 Å². The summed E-state index contributed by atoms with van der Waals surface area (Å²) in [6, 6.07) is 3.51. The molecule has 0 aromatic carbocycles. The Bertz CT molecular complexity index is 427. The molecular weight excluding hydrogens is 223 g/mol. The van der Waals surface area contributed by atoms with Gasteiger partial charge in [0, 0.05) is 6.20 Å². The van der Waals surface area contributed by atoms with E-state index >= 15 is 0 Å². The van der Waals surface area contributed by atoms with Gasteiger partial charge < -0.3 is 5.73 Å². The lowest BCUT2D eigenvalue weighted by Crippen LogP contribution is -1.97. The van der Waals surface area contributed by atoms with Crippen LogP contribution in [0.15, 0.2) is 30.7 Å². The van der Waals surface area contributed by atoms with E-state index in [1.807, 2.05) is 0 Å². The Labute approximate surface area is 92.1 Å². The molecular formula is C8H8Cl2N4. The first kappa shape index (κ1) is 10.8. The normalized spacial score (nSPS) is 9.50. The number of hydrogen-bond donors (Lipinski definition) is 1. The van der Waals surface area contributed by atoms with Crippen LogP contribution in [0.5, 0.6) is 0 Å². The minimum Gasteiger partial charge on any atom is -0.396 e. The van der Waals surface area contributed by atoms with Crippen LogP contribution in [0.1, 0.15) is 0 Å². The molecule has 0 fully saturated rings. The fourth-order valence-electron chi connectivity index (χ4n) is 0.999. The number of anilines is 1. The second-order valence-corrected chi connectivity index (χ2v) is 2.93. The lowest BCUT2D eigenvalue weighted by molar-refractivity contribution is 0.847. The molecule has 0 spiro atoms. The molecule has 0 amide bonds. The molecule has 2 N–H and O–H groups in total. The first-order valence-electron chi connectivity index (χ1n) is 3.68. The summed E-state index contributed by atoms with van der Waals surface area (Å²) in [5, 5.41) is 4.54. The van der Waals surface area contributed by atoms with Crippen molar-refractivity contribution in [3.8, 4) is 5.82 Å². The van der Waals surface area contributed by atoms with E-state index in [1.165, 1.54) is 4.68 Å². The Kier molecular flexibility index (Phi) is 3.33. The monoisotopic (exact) mass is 230 g/mol. The third-order valence-electron chi connectivity index (χ3n) is 1.56. The predicted octanol–water partition coefficient (Wildman–Crippen LogP) is 1.92. The average molecular weight is 231 g/mol. The number of pyridine rings is 1. The molecule has 14 heavy (non-hydrogen) atoms. The van der Waals surface area contributed by atoms with Gasteiger partial charge in [0.15, 0.2) is 5.82 Å². The maximum Gasteiger partial charge on any atom is 0.172 e. The molecule has 0 radical (unpaired) electrons. The van der Waals surface area contributed by atoms with E-state index in [0.717, 1.165) is 0 Å². The molecule has 0 aliphatic rings. The van der Waals surface area contributed by atoms with Crippen LogP contribution >= 0.6 is 24.0 Å². The summed E-state index contributed by atoms with van der Waals surface area (Å²) in [6.45, 7) is 0. The largest absolute Gasteiger partial charge is 0.396 e. The number of aromatic nitrogens is 3. The number of nitrogens with two attached hydrogens (primary N) is 1. The maximum atomic E-state index is 5.90. The van der Waals surface area contributed by atoms with E-state index in [1.54, 1.807) is 30.7 Å². The SMILES string of the molecule is Cl.Nc1cnn(-c2ncccc2Cl)c1. The van der Waals surface area contributed by atoms with Gasteiger partial charge in [-0.3, -0.25) is 0 Å². The zero-order chi connectivity index (χ0) is 9.26. The van der Waals surface area contributed by atoms with Crippen molar-refractivity contribution in [2.45, 2.75) is 0 Å². The molecule has 6 heteroatoms. The van der Waals surface area contributed by atoms with Gasteiger partial charge in [0.2, 0.25) is 0 Å². The summed E-state index contributed by atoms with van der Waals surface area (Å²) in [5.41, 5.74) is 6.10. The van der Waals surface area contributed by atoms with Gasteiger partial charge in [0.05, 0.1) is 23.1 Å². The molecule has 2 rings (SSSR count). The van der Waals surface area contributed by atoms with Gasteiger partial charge in [0.25, 0.3) is 0 Å². The van der Waals surface area contributed by atoms with Crippen molar-refractivity contribution in [1.82, 2.24) is 14.8 Å². The Balaban J connectivity index is 0.000000980. The molecule has 0 saturated carbocycles. The van der Waals surface area contributed by atoms with Crippen molar-refractivity contribution in [3.63, 3.8) is 0 Å². The minimum absolute atomic E-state index is 0. The van der Waals surface area contributed by atoms with E-state index in [9.17, 15) is 0 Å². The smallest absolute Gasteiger partial charge is 0.172 e. The average Bonchev–Trinajstić information content (AvgIpc) is 2.53. The Morgan fingerprint density at radius 1 is 1.43 bits per heavy atom. The van der Waals surface area contributed by atoms with Crippen LogP contribution in [0, 0.1) is 0 Å². The topological polar surface area (TPSA) is 56.7 Å². The molecule has 0 aliphatic heterocycles. The highest BCUT2D eigenvalue weighted by molar-refractivity contribution is 6.32. The van der Waals surface area contributed by atoms with Crippen LogP contribution in [0.25, 0.3) is 5.82 Å². The summed E-state index contributed by atoms with van der Waals surface area (Å²) >= 11 is 5.90. The molecule has 4 nitrogen and oxygen atoms in total. The second kappa shape index (κ2) is 4.30. The quantitative estimate of drug-likeness (QED) is 0.815. The lowest BCUT2D eigenvalue weighted by atomic mass is 10.4. The standard InChI is InChI=1S/C8H7ClN4.ClH/c9-7-2-1-3-11-8(7)13-5-6(10)4-12-13;/h1-5H,10H2;1H. The Morgan fingerprint density at radius 2 is 2.21 bits per heavy atom. The first-order valence-corrected chi connectivity index (χ1v) is 4.06. The fourth-order valence-corrected chi connectivity index (χ4v) is 1.21. The minimum atomic E-state index is 0. The van der Waals surface area contributed by atoms with Crippen molar-refractivity contribution >= 4 is 29.7 Å². The molecule has 2 aromatic rings. The van der Waals surface area contributed by atoms with E-state index in [2.05, 4.69) is 10.1 Å². The summed E-state index contributed by atoms with van der Waals surface area (Å²) in [5.74, 6) is 0.584. The van der Waals surface area contributed by atoms with Gasteiger partial charge in [-0.25, -0.2) is 9.67 Å².